The Morgan fingerprint density at radius 3 is 2.15 bits per heavy atom. The van der Waals surface area contributed by atoms with Crippen molar-refractivity contribution in [2.24, 2.45) is 21.1 Å². The van der Waals surface area contributed by atoms with E-state index in [0.29, 0.717) is 60.1 Å². The summed E-state index contributed by atoms with van der Waals surface area (Å²) >= 11 is 0. The summed E-state index contributed by atoms with van der Waals surface area (Å²) in [6.45, 7) is 4.73. The Hall–Kier alpha value is -7.84. The molecule has 2 fully saturated rings. The van der Waals surface area contributed by atoms with E-state index in [9.17, 15) is 28.8 Å². The van der Waals surface area contributed by atoms with Gasteiger partial charge in [0.05, 0.1) is 49.5 Å². The van der Waals surface area contributed by atoms with Crippen LogP contribution in [0.2, 0.25) is 0 Å². The summed E-state index contributed by atoms with van der Waals surface area (Å²) in [6, 6.07) is 14.7. The van der Waals surface area contributed by atoms with Gasteiger partial charge in [0.25, 0.3) is 17.7 Å². The predicted octanol–water partition coefficient (Wildman–Crippen LogP) is 7.47. The van der Waals surface area contributed by atoms with Gasteiger partial charge in [-0.05, 0) is 86.9 Å². The lowest BCUT2D eigenvalue weighted by Crippen LogP contribution is -2.57. The topological polar surface area (TPSA) is 215 Å². The van der Waals surface area contributed by atoms with Crippen LogP contribution in [0, 0.1) is 0 Å². The SMILES string of the molecule is C=CCOC(=O)N1c2cc(OCCCC(=O)Nc3cc(C(=O)Nc4ccc(-c5cc(C(=O)Nc6cc(C(=O)OC)n(C)c6)n(C)c5)cc4)n(C)c3)c(OC)cc2C(=O)N2CCCC[C@H]2C1OC1CCCCO1. The third-order valence-electron chi connectivity index (χ3n) is 12.8. The van der Waals surface area contributed by atoms with Crippen molar-refractivity contribution in [2.75, 3.05) is 61.4 Å². The van der Waals surface area contributed by atoms with Crippen LogP contribution in [0.15, 0.2) is 85.8 Å². The molecule has 20 nitrogen and oxygen atoms in total. The van der Waals surface area contributed by atoms with Crippen LogP contribution in [0.3, 0.4) is 0 Å². The van der Waals surface area contributed by atoms with E-state index in [2.05, 4.69) is 22.5 Å². The number of piperidine rings is 1. The number of carbonyl (C=O) groups is 6. The van der Waals surface area contributed by atoms with Crippen molar-refractivity contribution in [2.45, 2.75) is 69.9 Å². The molecular weight excluding hydrogens is 929 g/mol. The minimum atomic E-state index is -0.912. The summed E-state index contributed by atoms with van der Waals surface area (Å²) in [4.78, 5) is 83.2. The molecule has 380 valence electrons. The molecule has 72 heavy (non-hydrogen) atoms. The molecule has 5 aromatic rings. The fourth-order valence-corrected chi connectivity index (χ4v) is 9.21. The normalized spacial score (nSPS) is 17.5. The average molecular weight is 989 g/mol. The van der Waals surface area contributed by atoms with E-state index < -0.39 is 36.5 Å². The fourth-order valence-electron chi connectivity index (χ4n) is 9.21. The van der Waals surface area contributed by atoms with Gasteiger partial charge in [0, 0.05) is 76.6 Å². The summed E-state index contributed by atoms with van der Waals surface area (Å²) < 4.78 is 39.7. The van der Waals surface area contributed by atoms with E-state index in [4.69, 9.17) is 28.4 Å². The van der Waals surface area contributed by atoms with Crippen molar-refractivity contribution in [3.8, 4) is 22.6 Å². The number of anilines is 4. The zero-order chi connectivity index (χ0) is 51.1. The van der Waals surface area contributed by atoms with Gasteiger partial charge >= 0.3 is 12.1 Å². The predicted molar refractivity (Wildman–Crippen MR) is 266 cm³/mol. The van der Waals surface area contributed by atoms with Crippen molar-refractivity contribution in [3.63, 3.8) is 0 Å². The smallest absolute Gasteiger partial charge is 0.416 e. The molecule has 0 saturated carbocycles. The highest BCUT2D eigenvalue weighted by Crippen LogP contribution is 2.42. The van der Waals surface area contributed by atoms with Crippen LogP contribution in [-0.4, -0.2) is 113 Å². The zero-order valence-corrected chi connectivity index (χ0v) is 41.1. The number of rotatable bonds is 17. The highest BCUT2D eigenvalue weighted by molar-refractivity contribution is 6.07. The lowest BCUT2D eigenvalue weighted by atomic mass is 10.00. The first-order valence-electron chi connectivity index (χ1n) is 23.9. The highest BCUT2D eigenvalue weighted by atomic mass is 16.7. The third kappa shape index (κ3) is 11.2. The second-order valence-corrected chi connectivity index (χ2v) is 17.8. The molecule has 0 spiro atoms. The Kier molecular flexibility index (Phi) is 15.8. The number of carbonyl (C=O) groups excluding carboxylic acids is 6. The molecule has 3 N–H and O–H groups in total. The molecular formula is C52H60N8O12. The first-order chi connectivity index (χ1) is 34.8. The number of aryl methyl sites for hydroxylation is 3. The Morgan fingerprint density at radius 2 is 1.44 bits per heavy atom. The van der Waals surface area contributed by atoms with Crippen LogP contribution in [0.1, 0.15) is 93.2 Å². The number of nitrogens with zero attached hydrogens (tertiary/aromatic N) is 5. The monoisotopic (exact) mass is 988 g/mol. The maximum atomic E-state index is 14.3. The van der Waals surface area contributed by atoms with E-state index in [1.165, 1.54) is 25.2 Å². The van der Waals surface area contributed by atoms with Crippen molar-refractivity contribution in [3.05, 3.63) is 108 Å². The van der Waals surface area contributed by atoms with Crippen molar-refractivity contribution >= 4 is 58.4 Å². The molecule has 2 unspecified atom stereocenters. The van der Waals surface area contributed by atoms with Crippen molar-refractivity contribution in [1.29, 1.82) is 0 Å². The van der Waals surface area contributed by atoms with Gasteiger partial charge in [-0.25, -0.2) is 14.5 Å². The van der Waals surface area contributed by atoms with E-state index in [0.717, 1.165) is 36.8 Å². The van der Waals surface area contributed by atoms with Crippen LogP contribution in [0.5, 0.6) is 11.5 Å². The fraction of sp³-hybridized carbons (Fsp3) is 0.385. The minimum absolute atomic E-state index is 0.0583. The largest absolute Gasteiger partial charge is 0.493 e. The molecule has 3 atom stereocenters. The average Bonchev–Trinajstić information content (AvgIpc) is 4.07. The Labute approximate surface area is 416 Å². The number of benzene rings is 2. The van der Waals surface area contributed by atoms with Gasteiger partial charge in [0.1, 0.15) is 23.7 Å². The van der Waals surface area contributed by atoms with Gasteiger partial charge in [0.15, 0.2) is 24.0 Å². The van der Waals surface area contributed by atoms with Gasteiger partial charge < -0.3 is 63.0 Å². The lowest BCUT2D eigenvalue weighted by Gasteiger charge is -2.42. The number of nitrogens with one attached hydrogen (secondary N) is 3. The molecule has 3 aromatic heterocycles. The van der Waals surface area contributed by atoms with Gasteiger partial charge in [0.2, 0.25) is 5.91 Å². The molecule has 0 radical (unpaired) electrons. The van der Waals surface area contributed by atoms with Crippen molar-refractivity contribution in [1.82, 2.24) is 18.6 Å². The number of fused-ring (bicyclic) bond motifs is 2. The van der Waals surface area contributed by atoms with E-state index >= 15 is 0 Å². The van der Waals surface area contributed by atoms with Crippen LogP contribution < -0.4 is 30.3 Å². The van der Waals surface area contributed by atoms with Crippen molar-refractivity contribution < 1.29 is 57.2 Å². The molecule has 6 heterocycles. The number of ether oxygens (including phenoxy) is 6. The summed E-state index contributed by atoms with van der Waals surface area (Å²) in [6.07, 6.45) is 9.44. The van der Waals surface area contributed by atoms with Crippen LogP contribution >= 0.6 is 0 Å². The lowest BCUT2D eigenvalue weighted by molar-refractivity contribution is -0.198. The zero-order valence-electron chi connectivity index (χ0n) is 41.1. The number of aromatic nitrogens is 3. The number of methoxy groups -OCH3 is 2. The van der Waals surface area contributed by atoms with Gasteiger partial charge in [-0.15, -0.1) is 0 Å². The minimum Gasteiger partial charge on any atom is -0.493 e. The Morgan fingerprint density at radius 1 is 0.764 bits per heavy atom. The number of hydrogen-bond acceptors (Lipinski definition) is 12. The second-order valence-electron chi connectivity index (χ2n) is 17.8. The third-order valence-corrected chi connectivity index (χ3v) is 12.8. The molecule has 5 amide bonds. The van der Waals surface area contributed by atoms with E-state index in [-0.39, 0.29) is 66.5 Å². The van der Waals surface area contributed by atoms with E-state index in [1.54, 1.807) is 94.6 Å². The van der Waals surface area contributed by atoms with Gasteiger partial charge in [-0.3, -0.25) is 19.2 Å². The molecule has 20 heteroatoms. The van der Waals surface area contributed by atoms with Gasteiger partial charge in [-0.2, -0.15) is 0 Å². The Balaban J connectivity index is 0.875. The molecule has 0 bridgehead atoms. The molecule has 0 aliphatic carbocycles. The summed E-state index contributed by atoms with van der Waals surface area (Å²) in [7, 11) is 7.90. The molecule has 2 saturated heterocycles. The first-order valence-corrected chi connectivity index (χ1v) is 23.9. The molecule has 8 rings (SSSR count). The molecule has 3 aliphatic heterocycles. The summed E-state index contributed by atoms with van der Waals surface area (Å²) in [5, 5.41) is 8.58. The van der Waals surface area contributed by atoms with Crippen LogP contribution in [0.4, 0.5) is 27.5 Å². The first kappa shape index (κ1) is 50.5. The standard InChI is InChI=1S/C52H60N8O12/c1-7-21-71-52(66)60-39-28-44(43(67-5)27-37(39)49(64)59-20-10-8-13-38(59)50(60)72-46-15-9-11-22-70-46)69-23-12-14-45(61)53-35-25-41(57(3)30-35)48(63)54-34-18-16-32(17-19-34)33-24-40(56(2)29-33)47(62)55-36-26-42(51(65)68-6)58(4)31-36/h7,16-19,24-31,38,46,50H,1,8-15,20-23H2,2-6H3,(H,53,61)(H,54,63)(H,55,62)/t38-,46?,50?/m0/s1. The number of esters is 1. The number of hydrogen-bond donors (Lipinski definition) is 3. The van der Waals surface area contributed by atoms with Crippen LogP contribution in [-0.2, 0) is 44.9 Å². The maximum absolute atomic E-state index is 14.3. The second kappa shape index (κ2) is 22.5. The summed E-state index contributed by atoms with van der Waals surface area (Å²) in [5.74, 6) is -1.32. The molecule has 2 aromatic carbocycles. The Bertz CT molecular complexity index is 2840. The maximum Gasteiger partial charge on any atom is 0.416 e. The van der Waals surface area contributed by atoms with Gasteiger partial charge in [-0.1, -0.05) is 24.8 Å². The van der Waals surface area contributed by atoms with E-state index in [1.807, 2.05) is 18.3 Å². The van der Waals surface area contributed by atoms with Crippen LogP contribution in [0.25, 0.3) is 11.1 Å². The highest BCUT2D eigenvalue weighted by Gasteiger charge is 2.47. The number of amides is 5. The quantitative estimate of drug-likeness (QED) is 0.0470. The summed E-state index contributed by atoms with van der Waals surface area (Å²) in [5.41, 5.74) is 4.47. The molecule has 3 aliphatic rings.